The average molecular weight is 458 g/mol. The van der Waals surface area contributed by atoms with Crippen molar-refractivity contribution in [1.29, 1.82) is 0 Å². The van der Waals surface area contributed by atoms with Crippen LogP contribution in [0.3, 0.4) is 0 Å². The van der Waals surface area contributed by atoms with Gasteiger partial charge in [0.2, 0.25) is 5.56 Å². The van der Waals surface area contributed by atoms with Crippen molar-refractivity contribution in [2.45, 2.75) is 13.0 Å². The van der Waals surface area contributed by atoms with Crippen LogP contribution in [0, 0.1) is 6.07 Å². The maximum atomic E-state index is 12.7. The minimum absolute atomic E-state index is 0. The molecule has 0 unspecified atom stereocenters. The number of halogens is 3. The van der Waals surface area contributed by atoms with Crippen LogP contribution in [0.25, 0.3) is 11.3 Å². The average Bonchev–Trinajstić information content (AvgIpc) is 2.50. The first-order valence-corrected chi connectivity index (χ1v) is 7.25. The fraction of sp³-hybridized carbons (Fsp3) is 0.188. The number of hydrogen-bond acceptors (Lipinski definition) is 2. The molecule has 0 aliphatic carbocycles. The molecule has 1 aromatic carbocycles. The van der Waals surface area contributed by atoms with E-state index in [1.54, 1.807) is 30.3 Å². The van der Waals surface area contributed by atoms with E-state index >= 15 is 0 Å². The molecule has 2 aromatic rings. The molecular formula is C16H13BrF2NO2Y-. The molecule has 0 N–H and O–H groups in total. The predicted octanol–water partition coefficient (Wildman–Crippen LogP) is 3.91. The number of aromatic nitrogens is 1. The minimum atomic E-state index is -2.63. The van der Waals surface area contributed by atoms with Crippen molar-refractivity contribution in [3.05, 3.63) is 63.9 Å². The molecule has 0 bridgehead atoms. The Morgan fingerprint density at radius 2 is 2.00 bits per heavy atom. The zero-order valence-corrected chi connectivity index (χ0v) is 16.6. The molecule has 23 heavy (non-hydrogen) atoms. The number of hydrogen-bond donors (Lipinski definition) is 0. The molecule has 0 amide bonds. The first kappa shape index (κ1) is 20.2. The van der Waals surface area contributed by atoms with Crippen molar-refractivity contribution < 1.29 is 46.2 Å². The number of ether oxygens (including phenoxy) is 1. The molecule has 1 aromatic heterocycles. The van der Waals surface area contributed by atoms with Crippen LogP contribution < -0.4 is 10.3 Å². The standard InChI is InChI=1S/C16H13BrF2NO2.Y/c1-2-9-22-12-5-3-11(4-6-12)14-8-7-13(17)16(21)20(14)10-15(18)19;/h2-7,15H,1,9-10H2;/q-1;. The van der Waals surface area contributed by atoms with Crippen molar-refractivity contribution in [3.8, 4) is 17.0 Å². The second kappa shape index (κ2) is 9.45. The Balaban J connectivity index is 0.00000264. The zero-order chi connectivity index (χ0) is 16.1. The van der Waals surface area contributed by atoms with Gasteiger partial charge in [0.15, 0.2) is 0 Å². The predicted molar refractivity (Wildman–Crippen MR) is 84.4 cm³/mol. The number of rotatable bonds is 6. The van der Waals surface area contributed by atoms with Crippen LogP contribution in [0.5, 0.6) is 5.75 Å². The molecule has 0 saturated heterocycles. The third-order valence-electron chi connectivity index (χ3n) is 2.87. The van der Waals surface area contributed by atoms with Gasteiger partial charge in [-0.2, -0.15) is 12.1 Å². The minimum Gasteiger partial charge on any atom is -0.490 e. The Kier molecular flexibility index (Phi) is 8.30. The summed E-state index contributed by atoms with van der Waals surface area (Å²) in [5.74, 6) is 0.628. The van der Waals surface area contributed by atoms with Gasteiger partial charge in [-0.05, 0) is 16.6 Å². The molecular weight excluding hydrogens is 445 g/mol. The van der Waals surface area contributed by atoms with Gasteiger partial charge in [-0.3, -0.25) is 4.79 Å². The van der Waals surface area contributed by atoms with E-state index in [0.29, 0.717) is 23.6 Å². The molecule has 1 heterocycles. The second-order valence-electron chi connectivity index (χ2n) is 4.42. The molecule has 0 atom stereocenters. The molecule has 119 valence electrons. The molecule has 0 spiro atoms. The summed E-state index contributed by atoms with van der Waals surface area (Å²) in [5, 5.41) is 0. The van der Waals surface area contributed by atoms with Crippen molar-refractivity contribution in [2.75, 3.05) is 6.61 Å². The van der Waals surface area contributed by atoms with Gasteiger partial charge < -0.3 is 9.30 Å². The Morgan fingerprint density at radius 3 is 2.57 bits per heavy atom. The number of benzene rings is 1. The number of nitrogens with zero attached hydrogens (tertiary/aromatic N) is 1. The van der Waals surface area contributed by atoms with Crippen LogP contribution in [0.4, 0.5) is 8.78 Å². The van der Waals surface area contributed by atoms with Gasteiger partial charge in [0.05, 0.1) is 6.54 Å². The van der Waals surface area contributed by atoms with Crippen LogP contribution in [0.1, 0.15) is 0 Å². The topological polar surface area (TPSA) is 31.2 Å². The number of pyridine rings is 1. The van der Waals surface area contributed by atoms with E-state index in [1.165, 1.54) is 6.07 Å². The van der Waals surface area contributed by atoms with Crippen LogP contribution in [-0.2, 0) is 39.3 Å². The summed E-state index contributed by atoms with van der Waals surface area (Å²) in [6, 6.07) is 11.1. The van der Waals surface area contributed by atoms with E-state index in [1.807, 2.05) is 0 Å². The summed E-state index contributed by atoms with van der Waals surface area (Å²) < 4.78 is 32.0. The van der Waals surface area contributed by atoms with Crippen molar-refractivity contribution in [1.82, 2.24) is 4.57 Å². The number of alkyl halides is 2. The van der Waals surface area contributed by atoms with E-state index in [-0.39, 0.29) is 37.2 Å². The molecule has 0 aliphatic heterocycles. The molecule has 0 aliphatic rings. The molecule has 7 heteroatoms. The van der Waals surface area contributed by atoms with Gasteiger partial charge in [-0.25, -0.2) is 8.78 Å². The first-order chi connectivity index (χ1) is 10.5. The van der Waals surface area contributed by atoms with Crippen LogP contribution in [-0.4, -0.2) is 17.6 Å². The SMILES string of the molecule is C=CCOc1ccc(-c2[c-]cc(Br)c(=O)n2CC(F)F)cc1.[Y]. The largest absolute Gasteiger partial charge is 0.490 e. The van der Waals surface area contributed by atoms with Crippen LogP contribution in [0.15, 0.2) is 52.3 Å². The van der Waals surface area contributed by atoms with E-state index in [0.717, 1.165) is 4.57 Å². The van der Waals surface area contributed by atoms with Crippen molar-refractivity contribution in [3.63, 3.8) is 0 Å². The van der Waals surface area contributed by atoms with Gasteiger partial charge in [0, 0.05) is 32.7 Å². The van der Waals surface area contributed by atoms with Gasteiger partial charge >= 0.3 is 0 Å². The molecule has 3 nitrogen and oxygen atoms in total. The van der Waals surface area contributed by atoms with E-state index < -0.39 is 18.5 Å². The Hall–Kier alpha value is -0.846. The van der Waals surface area contributed by atoms with Crippen LogP contribution in [0.2, 0.25) is 0 Å². The Morgan fingerprint density at radius 1 is 1.35 bits per heavy atom. The third-order valence-corrected chi connectivity index (χ3v) is 3.44. The summed E-state index contributed by atoms with van der Waals surface area (Å²) in [4.78, 5) is 12.0. The summed E-state index contributed by atoms with van der Waals surface area (Å²) in [5.41, 5.74) is 0.404. The second-order valence-corrected chi connectivity index (χ2v) is 5.27. The quantitative estimate of drug-likeness (QED) is 0.486. The van der Waals surface area contributed by atoms with Crippen molar-refractivity contribution >= 4 is 15.9 Å². The summed E-state index contributed by atoms with van der Waals surface area (Å²) in [7, 11) is 0. The summed E-state index contributed by atoms with van der Waals surface area (Å²) in [6.07, 6.45) is -1.01. The zero-order valence-electron chi connectivity index (χ0n) is 12.1. The van der Waals surface area contributed by atoms with E-state index in [4.69, 9.17) is 4.74 Å². The van der Waals surface area contributed by atoms with E-state index in [9.17, 15) is 13.6 Å². The van der Waals surface area contributed by atoms with Gasteiger partial charge in [-0.1, -0.05) is 23.9 Å². The smallest absolute Gasteiger partial charge is 0.256 e. The van der Waals surface area contributed by atoms with Crippen molar-refractivity contribution in [2.24, 2.45) is 0 Å². The molecule has 2 rings (SSSR count). The molecule has 1 radical (unpaired) electrons. The normalized spacial score (nSPS) is 10.3. The molecule has 0 fully saturated rings. The van der Waals surface area contributed by atoms with Gasteiger partial charge in [0.1, 0.15) is 12.4 Å². The molecule has 0 saturated carbocycles. The summed E-state index contributed by atoms with van der Waals surface area (Å²) >= 11 is 3.04. The fourth-order valence-corrected chi connectivity index (χ4v) is 2.25. The van der Waals surface area contributed by atoms with E-state index in [2.05, 4.69) is 28.6 Å². The first-order valence-electron chi connectivity index (χ1n) is 6.46. The maximum absolute atomic E-state index is 12.7. The Labute approximate surface area is 166 Å². The van der Waals surface area contributed by atoms with Gasteiger partial charge in [-0.15, -0.1) is 28.1 Å². The maximum Gasteiger partial charge on any atom is 0.256 e. The fourth-order valence-electron chi connectivity index (χ4n) is 1.92. The monoisotopic (exact) mass is 457 g/mol. The van der Waals surface area contributed by atoms with Crippen LogP contribution >= 0.6 is 15.9 Å². The Bertz CT molecular complexity index is 717. The summed E-state index contributed by atoms with van der Waals surface area (Å²) in [6.45, 7) is 3.25. The third kappa shape index (κ3) is 5.33. The van der Waals surface area contributed by atoms with Gasteiger partial charge in [0.25, 0.3) is 6.43 Å².